The van der Waals surface area contributed by atoms with Crippen LogP contribution in [-0.4, -0.2) is 14.5 Å². The lowest BCUT2D eigenvalue weighted by Crippen LogP contribution is -2.05. The average Bonchev–Trinajstić information content (AvgIpc) is 2.72. The highest BCUT2D eigenvalue weighted by molar-refractivity contribution is 7.13. The third kappa shape index (κ3) is 1.86. The Hall–Kier alpha value is -1.36. The van der Waals surface area contributed by atoms with Crippen LogP contribution in [0.2, 0.25) is 0 Å². The van der Waals surface area contributed by atoms with Crippen LogP contribution in [0.3, 0.4) is 0 Å². The first kappa shape index (κ1) is 8.25. The van der Waals surface area contributed by atoms with Crippen LogP contribution in [0.5, 0.6) is 0 Å². The van der Waals surface area contributed by atoms with Crippen LogP contribution in [0.1, 0.15) is 5.82 Å². The van der Waals surface area contributed by atoms with Gasteiger partial charge in [0, 0.05) is 31.0 Å². The third-order valence-electron chi connectivity index (χ3n) is 1.75. The van der Waals surface area contributed by atoms with E-state index in [0.717, 1.165) is 17.5 Å². The summed E-state index contributed by atoms with van der Waals surface area (Å²) in [5.74, 6) is 1.01. The molecule has 68 valence electrons. The molecular formula is C8H10N4S. The zero-order valence-corrected chi connectivity index (χ0v) is 8.08. The molecule has 2 aromatic heterocycles. The van der Waals surface area contributed by atoms with Crippen molar-refractivity contribution in [2.45, 2.75) is 6.54 Å². The molecular weight excluding hydrogens is 184 g/mol. The molecule has 1 N–H and O–H groups in total. The Morgan fingerprint density at radius 2 is 2.38 bits per heavy atom. The molecule has 0 aliphatic heterocycles. The molecule has 2 aromatic rings. The minimum Gasteiger partial charge on any atom is -0.354 e. The van der Waals surface area contributed by atoms with Gasteiger partial charge >= 0.3 is 0 Å². The molecule has 0 fully saturated rings. The normalized spacial score (nSPS) is 10.2. The fraction of sp³-hybridized carbons (Fsp3) is 0.250. The molecule has 0 bridgehead atoms. The monoisotopic (exact) mass is 194 g/mol. The second-order valence-corrected chi connectivity index (χ2v) is 3.54. The van der Waals surface area contributed by atoms with Crippen molar-refractivity contribution in [2.24, 2.45) is 7.05 Å². The number of imidazole rings is 1. The maximum absolute atomic E-state index is 4.19. The molecule has 0 saturated heterocycles. The van der Waals surface area contributed by atoms with Gasteiger partial charge < -0.3 is 9.88 Å². The molecule has 2 rings (SSSR count). The zero-order valence-electron chi connectivity index (χ0n) is 7.27. The summed E-state index contributed by atoms with van der Waals surface area (Å²) in [7, 11) is 1.98. The van der Waals surface area contributed by atoms with Gasteiger partial charge in [-0.05, 0) is 0 Å². The highest BCUT2D eigenvalue weighted by atomic mass is 32.1. The van der Waals surface area contributed by atoms with E-state index < -0.39 is 0 Å². The van der Waals surface area contributed by atoms with Crippen molar-refractivity contribution < 1.29 is 0 Å². The molecule has 4 nitrogen and oxygen atoms in total. The van der Waals surface area contributed by atoms with Crippen LogP contribution in [0.4, 0.5) is 5.13 Å². The van der Waals surface area contributed by atoms with Crippen molar-refractivity contribution in [3.63, 3.8) is 0 Å². The van der Waals surface area contributed by atoms with Gasteiger partial charge in [-0.25, -0.2) is 9.97 Å². The number of aromatic nitrogens is 3. The Morgan fingerprint density at radius 1 is 1.46 bits per heavy atom. The van der Waals surface area contributed by atoms with Gasteiger partial charge in [0.25, 0.3) is 0 Å². The summed E-state index contributed by atoms with van der Waals surface area (Å²) in [6.07, 6.45) is 5.50. The van der Waals surface area contributed by atoms with Gasteiger partial charge in [0.2, 0.25) is 0 Å². The van der Waals surface area contributed by atoms with Crippen LogP contribution >= 0.6 is 11.3 Å². The molecule has 0 saturated carbocycles. The number of nitrogens with one attached hydrogen (secondary N) is 1. The Balaban J connectivity index is 1.97. The minimum absolute atomic E-state index is 0.719. The van der Waals surface area contributed by atoms with Crippen molar-refractivity contribution in [1.29, 1.82) is 0 Å². The van der Waals surface area contributed by atoms with Gasteiger partial charge in [-0.1, -0.05) is 0 Å². The summed E-state index contributed by atoms with van der Waals surface area (Å²) in [5.41, 5.74) is 0. The van der Waals surface area contributed by atoms with Gasteiger partial charge in [-0.2, -0.15) is 0 Å². The summed E-state index contributed by atoms with van der Waals surface area (Å²) in [4.78, 5) is 8.31. The molecule has 5 heteroatoms. The number of hydrogen-bond acceptors (Lipinski definition) is 4. The molecule has 0 aromatic carbocycles. The topological polar surface area (TPSA) is 42.7 Å². The van der Waals surface area contributed by atoms with Crippen molar-refractivity contribution in [3.05, 3.63) is 29.8 Å². The number of hydrogen-bond donors (Lipinski definition) is 1. The number of rotatable bonds is 3. The summed E-state index contributed by atoms with van der Waals surface area (Å²) < 4.78 is 1.99. The van der Waals surface area contributed by atoms with Gasteiger partial charge in [0.15, 0.2) is 5.13 Å². The van der Waals surface area contributed by atoms with Gasteiger partial charge in [-0.15, -0.1) is 11.3 Å². The number of anilines is 1. The standard InChI is InChI=1S/C8H10N4S/c1-12-4-2-9-7(12)6-11-8-10-3-5-13-8/h2-5H,6H2,1H3,(H,10,11). The van der Waals surface area contributed by atoms with Crippen molar-refractivity contribution in [2.75, 3.05) is 5.32 Å². The largest absolute Gasteiger partial charge is 0.354 e. The molecule has 0 radical (unpaired) electrons. The second kappa shape index (κ2) is 3.57. The summed E-state index contributed by atoms with van der Waals surface area (Å²) >= 11 is 1.59. The Labute approximate surface area is 80.3 Å². The Bertz CT molecular complexity index is 365. The van der Waals surface area contributed by atoms with Gasteiger partial charge in [0.05, 0.1) is 6.54 Å². The summed E-state index contributed by atoms with van der Waals surface area (Å²) in [5, 5.41) is 6.07. The molecule has 0 amide bonds. The number of thiazole rings is 1. The van der Waals surface area contributed by atoms with E-state index in [1.165, 1.54) is 0 Å². The second-order valence-electron chi connectivity index (χ2n) is 2.65. The smallest absolute Gasteiger partial charge is 0.182 e. The van der Waals surface area contributed by atoms with E-state index in [9.17, 15) is 0 Å². The van der Waals surface area contributed by atoms with Crippen molar-refractivity contribution in [3.8, 4) is 0 Å². The molecule has 0 spiro atoms. The van der Waals surface area contributed by atoms with Gasteiger partial charge in [-0.3, -0.25) is 0 Å². The number of nitrogens with zero attached hydrogens (tertiary/aromatic N) is 3. The van der Waals surface area contributed by atoms with Crippen molar-refractivity contribution in [1.82, 2.24) is 14.5 Å². The average molecular weight is 194 g/mol. The first-order valence-electron chi connectivity index (χ1n) is 3.96. The van der Waals surface area contributed by atoms with E-state index in [2.05, 4.69) is 15.3 Å². The first-order chi connectivity index (χ1) is 6.36. The maximum atomic E-state index is 4.19. The summed E-state index contributed by atoms with van der Waals surface area (Å²) in [6, 6.07) is 0. The van der Waals surface area contributed by atoms with E-state index in [0.29, 0.717) is 0 Å². The van der Waals surface area contributed by atoms with Gasteiger partial charge in [0.1, 0.15) is 5.82 Å². The highest BCUT2D eigenvalue weighted by Gasteiger charge is 1.99. The lowest BCUT2D eigenvalue weighted by molar-refractivity contribution is 0.812. The van der Waals surface area contributed by atoms with Crippen molar-refractivity contribution >= 4 is 16.5 Å². The zero-order chi connectivity index (χ0) is 9.10. The fourth-order valence-corrected chi connectivity index (χ4v) is 1.56. The van der Waals surface area contributed by atoms with E-state index in [-0.39, 0.29) is 0 Å². The molecule has 13 heavy (non-hydrogen) atoms. The fourth-order valence-electron chi connectivity index (χ4n) is 1.03. The van der Waals surface area contributed by atoms with E-state index in [1.807, 2.05) is 23.2 Å². The van der Waals surface area contributed by atoms with E-state index in [4.69, 9.17) is 0 Å². The van der Waals surface area contributed by atoms with E-state index in [1.54, 1.807) is 23.7 Å². The maximum Gasteiger partial charge on any atom is 0.182 e. The number of aryl methyl sites for hydroxylation is 1. The lowest BCUT2D eigenvalue weighted by atomic mass is 10.6. The van der Waals surface area contributed by atoms with Crippen LogP contribution in [0.25, 0.3) is 0 Å². The molecule has 0 aliphatic carbocycles. The molecule has 0 atom stereocenters. The SMILES string of the molecule is Cn1ccnc1CNc1nccs1. The quantitative estimate of drug-likeness (QED) is 0.805. The van der Waals surface area contributed by atoms with Crippen LogP contribution < -0.4 is 5.32 Å². The van der Waals surface area contributed by atoms with Crippen LogP contribution in [0.15, 0.2) is 24.0 Å². The van der Waals surface area contributed by atoms with Crippen LogP contribution in [0, 0.1) is 0 Å². The Kier molecular flexibility index (Phi) is 2.27. The highest BCUT2D eigenvalue weighted by Crippen LogP contribution is 2.11. The minimum atomic E-state index is 0.719. The summed E-state index contributed by atoms with van der Waals surface area (Å²) in [6.45, 7) is 0.719. The van der Waals surface area contributed by atoms with Crippen LogP contribution in [-0.2, 0) is 13.6 Å². The predicted molar refractivity (Wildman–Crippen MR) is 52.6 cm³/mol. The predicted octanol–water partition coefficient (Wildman–Crippen LogP) is 1.49. The molecule has 0 aliphatic rings. The lowest BCUT2D eigenvalue weighted by Gasteiger charge is -2.01. The molecule has 2 heterocycles. The molecule has 0 unspecified atom stereocenters. The Morgan fingerprint density at radius 3 is 3.00 bits per heavy atom. The third-order valence-corrected chi connectivity index (χ3v) is 2.48. The first-order valence-corrected chi connectivity index (χ1v) is 4.84. The van der Waals surface area contributed by atoms with E-state index >= 15 is 0 Å².